The summed E-state index contributed by atoms with van der Waals surface area (Å²) in [6.07, 6.45) is 5.84. The molecule has 26 heavy (non-hydrogen) atoms. The number of piperidine rings is 2. The van der Waals surface area contributed by atoms with Gasteiger partial charge in [0.1, 0.15) is 11.3 Å². The number of hydrogen-bond acceptors (Lipinski definition) is 4. The zero-order chi connectivity index (χ0) is 18.1. The average molecular weight is 355 g/mol. The molecule has 4 rings (SSSR count). The highest BCUT2D eigenvalue weighted by Crippen LogP contribution is 2.31. The molecule has 0 unspecified atom stereocenters. The molecule has 1 N–H and O–H groups in total. The van der Waals surface area contributed by atoms with Crippen LogP contribution in [0.1, 0.15) is 29.8 Å². The Bertz CT molecular complexity index is 817. The van der Waals surface area contributed by atoms with Gasteiger partial charge in [-0.3, -0.25) is 14.0 Å². The highest BCUT2D eigenvalue weighted by molar-refractivity contribution is 5.93. The molecule has 7 nitrogen and oxygen atoms in total. The molecule has 2 aromatic heterocycles. The predicted octanol–water partition coefficient (Wildman–Crippen LogP) is 1.01. The van der Waals surface area contributed by atoms with Crippen LogP contribution in [0.25, 0.3) is 5.65 Å². The van der Waals surface area contributed by atoms with E-state index in [1.807, 2.05) is 45.6 Å². The van der Waals surface area contributed by atoms with E-state index in [9.17, 15) is 9.59 Å². The molecule has 7 heteroatoms. The average Bonchev–Trinajstić information content (AvgIpc) is 3.10. The molecule has 4 heterocycles. The largest absolute Gasteiger partial charge is 0.338 e. The van der Waals surface area contributed by atoms with Gasteiger partial charge in [0, 0.05) is 44.8 Å². The first-order valence-electron chi connectivity index (χ1n) is 9.34. The van der Waals surface area contributed by atoms with E-state index in [2.05, 4.69) is 10.3 Å². The zero-order valence-electron chi connectivity index (χ0n) is 15.1. The van der Waals surface area contributed by atoms with Crippen molar-refractivity contribution in [2.45, 2.75) is 25.3 Å². The Kier molecular flexibility index (Phi) is 4.63. The van der Waals surface area contributed by atoms with E-state index in [0.29, 0.717) is 31.1 Å². The number of rotatable bonds is 4. The zero-order valence-corrected chi connectivity index (χ0v) is 15.1. The lowest BCUT2D eigenvalue weighted by atomic mass is 9.83. The van der Waals surface area contributed by atoms with Crippen LogP contribution in [0.15, 0.2) is 30.6 Å². The van der Waals surface area contributed by atoms with Crippen molar-refractivity contribution >= 4 is 17.5 Å². The molecular formula is C19H25N5O2. The Labute approximate surface area is 153 Å². The Morgan fingerprint density at radius 1 is 1.35 bits per heavy atom. The topological polar surface area (TPSA) is 70.0 Å². The molecule has 0 bridgehead atoms. The Balaban J connectivity index is 1.49. The Hall–Kier alpha value is -2.41. The van der Waals surface area contributed by atoms with Gasteiger partial charge in [-0.1, -0.05) is 6.07 Å². The summed E-state index contributed by atoms with van der Waals surface area (Å²) in [5, 5.41) is 3.13. The fourth-order valence-corrected chi connectivity index (χ4v) is 4.31. The summed E-state index contributed by atoms with van der Waals surface area (Å²) in [5.41, 5.74) is 1.39. The van der Waals surface area contributed by atoms with Gasteiger partial charge in [0.15, 0.2) is 0 Å². The number of likely N-dealkylation sites (tertiary alicyclic amines) is 2. The summed E-state index contributed by atoms with van der Waals surface area (Å²) >= 11 is 0. The fourth-order valence-electron chi connectivity index (χ4n) is 4.31. The van der Waals surface area contributed by atoms with Crippen LogP contribution in [-0.4, -0.2) is 70.3 Å². The second kappa shape index (κ2) is 7.07. The first-order valence-corrected chi connectivity index (χ1v) is 9.34. The SMILES string of the molecule is CNCCN1C(=O)CC[C@H]2CN(C(=O)c3cnc4ccccn34)CC[C@H]21. The summed E-state index contributed by atoms with van der Waals surface area (Å²) in [5.74, 6) is 0.644. The van der Waals surface area contributed by atoms with Gasteiger partial charge in [-0.2, -0.15) is 0 Å². The van der Waals surface area contributed by atoms with Crippen molar-refractivity contribution in [1.29, 1.82) is 0 Å². The number of amides is 2. The van der Waals surface area contributed by atoms with E-state index in [4.69, 9.17) is 0 Å². The maximum atomic E-state index is 13.0. The second-order valence-corrected chi connectivity index (χ2v) is 7.17. The standard InChI is InChI=1S/C19H25N5O2/c1-20-8-11-24-15-7-10-22(13-14(15)5-6-18(24)25)19(26)16-12-21-17-4-2-3-9-23(16)17/h2-4,9,12,14-15,20H,5-8,10-11,13H2,1H3/t14-,15+/m0/s1. The van der Waals surface area contributed by atoms with E-state index in [0.717, 1.165) is 31.6 Å². The molecule has 2 amide bonds. The van der Waals surface area contributed by atoms with Crippen LogP contribution in [0, 0.1) is 5.92 Å². The highest BCUT2D eigenvalue weighted by Gasteiger charge is 2.40. The summed E-state index contributed by atoms with van der Waals surface area (Å²) in [4.78, 5) is 33.6. The maximum absolute atomic E-state index is 13.0. The predicted molar refractivity (Wildman–Crippen MR) is 97.9 cm³/mol. The minimum absolute atomic E-state index is 0.0285. The number of fused-ring (bicyclic) bond motifs is 2. The van der Waals surface area contributed by atoms with Gasteiger partial charge in [-0.15, -0.1) is 0 Å². The lowest BCUT2D eigenvalue weighted by Crippen LogP contribution is -2.57. The number of pyridine rings is 1. The van der Waals surface area contributed by atoms with Crippen LogP contribution in [-0.2, 0) is 4.79 Å². The maximum Gasteiger partial charge on any atom is 0.272 e. The van der Waals surface area contributed by atoms with Gasteiger partial charge in [0.2, 0.25) is 5.91 Å². The third-order valence-corrected chi connectivity index (χ3v) is 5.67. The van der Waals surface area contributed by atoms with Crippen LogP contribution < -0.4 is 5.32 Å². The normalized spacial score (nSPS) is 23.3. The minimum atomic E-state index is 0.0285. The van der Waals surface area contributed by atoms with Gasteiger partial charge >= 0.3 is 0 Å². The number of hydrogen-bond donors (Lipinski definition) is 1. The molecule has 2 saturated heterocycles. The smallest absolute Gasteiger partial charge is 0.272 e. The molecule has 0 aliphatic carbocycles. The molecule has 2 aromatic rings. The van der Waals surface area contributed by atoms with E-state index in [-0.39, 0.29) is 17.9 Å². The molecule has 0 saturated carbocycles. The first kappa shape index (κ1) is 17.0. The van der Waals surface area contributed by atoms with E-state index in [1.165, 1.54) is 0 Å². The first-order chi connectivity index (χ1) is 12.7. The summed E-state index contributed by atoms with van der Waals surface area (Å²) in [6, 6.07) is 5.98. The molecular weight excluding hydrogens is 330 g/mol. The van der Waals surface area contributed by atoms with E-state index < -0.39 is 0 Å². The Morgan fingerprint density at radius 3 is 3.08 bits per heavy atom. The quantitative estimate of drug-likeness (QED) is 0.889. The third kappa shape index (κ3) is 2.96. The molecule has 2 atom stereocenters. The van der Waals surface area contributed by atoms with Crippen molar-refractivity contribution < 1.29 is 9.59 Å². The number of carbonyl (C=O) groups is 2. The van der Waals surface area contributed by atoms with Gasteiger partial charge in [0.25, 0.3) is 5.91 Å². The monoisotopic (exact) mass is 355 g/mol. The number of likely N-dealkylation sites (N-methyl/N-ethyl adjacent to an activating group) is 1. The third-order valence-electron chi connectivity index (χ3n) is 5.67. The second-order valence-electron chi connectivity index (χ2n) is 7.17. The molecule has 2 aliphatic rings. The lowest BCUT2D eigenvalue weighted by molar-refractivity contribution is -0.140. The molecule has 2 fully saturated rings. The van der Waals surface area contributed by atoms with Crippen LogP contribution in [0.2, 0.25) is 0 Å². The van der Waals surface area contributed by atoms with Crippen molar-refractivity contribution in [3.8, 4) is 0 Å². The number of imidazole rings is 1. The van der Waals surface area contributed by atoms with Crippen molar-refractivity contribution in [2.24, 2.45) is 5.92 Å². The summed E-state index contributed by atoms with van der Waals surface area (Å²) in [7, 11) is 1.91. The fraction of sp³-hybridized carbons (Fsp3) is 0.526. The lowest BCUT2D eigenvalue weighted by Gasteiger charge is -2.47. The van der Waals surface area contributed by atoms with Gasteiger partial charge in [-0.05, 0) is 37.9 Å². The summed E-state index contributed by atoms with van der Waals surface area (Å²) in [6.45, 7) is 2.95. The number of nitrogens with zero attached hydrogens (tertiary/aromatic N) is 4. The number of carbonyl (C=O) groups excluding carboxylic acids is 2. The van der Waals surface area contributed by atoms with Crippen molar-refractivity contribution in [3.63, 3.8) is 0 Å². The van der Waals surface area contributed by atoms with Crippen molar-refractivity contribution in [3.05, 3.63) is 36.3 Å². The number of nitrogens with one attached hydrogen (secondary N) is 1. The van der Waals surface area contributed by atoms with Crippen molar-refractivity contribution in [1.82, 2.24) is 24.5 Å². The van der Waals surface area contributed by atoms with Crippen LogP contribution in [0.3, 0.4) is 0 Å². The van der Waals surface area contributed by atoms with Gasteiger partial charge in [-0.25, -0.2) is 4.98 Å². The Morgan fingerprint density at radius 2 is 2.23 bits per heavy atom. The minimum Gasteiger partial charge on any atom is -0.338 e. The van der Waals surface area contributed by atoms with Crippen LogP contribution >= 0.6 is 0 Å². The number of aromatic nitrogens is 2. The molecule has 138 valence electrons. The molecule has 0 spiro atoms. The van der Waals surface area contributed by atoms with E-state index >= 15 is 0 Å². The van der Waals surface area contributed by atoms with Crippen molar-refractivity contribution in [2.75, 3.05) is 33.2 Å². The van der Waals surface area contributed by atoms with Gasteiger partial charge in [0.05, 0.1) is 6.20 Å². The van der Waals surface area contributed by atoms with Crippen LogP contribution in [0.4, 0.5) is 0 Å². The molecule has 0 radical (unpaired) electrons. The molecule has 2 aliphatic heterocycles. The van der Waals surface area contributed by atoms with Gasteiger partial charge < -0.3 is 15.1 Å². The van der Waals surface area contributed by atoms with Crippen LogP contribution in [0.5, 0.6) is 0 Å². The summed E-state index contributed by atoms with van der Waals surface area (Å²) < 4.78 is 1.85. The van der Waals surface area contributed by atoms with E-state index in [1.54, 1.807) is 6.20 Å². The molecule has 0 aromatic carbocycles. The highest BCUT2D eigenvalue weighted by atomic mass is 16.2.